The number of unbranched alkanes of at least 4 members (excludes halogenated alkanes) is 4. The Morgan fingerprint density at radius 1 is 1.23 bits per heavy atom. The van der Waals surface area contributed by atoms with E-state index in [-0.39, 0.29) is 12.0 Å². The number of hydrogen-bond acceptors (Lipinski definition) is 7. The fourth-order valence-electron chi connectivity index (χ4n) is 4.24. The zero-order valence-corrected chi connectivity index (χ0v) is 19.2. The quantitative estimate of drug-likeness (QED) is 0.366. The molecule has 0 amide bonds. The van der Waals surface area contributed by atoms with Crippen LogP contribution in [0, 0.1) is 0 Å². The van der Waals surface area contributed by atoms with Gasteiger partial charge in [0.05, 0.1) is 19.8 Å². The highest BCUT2D eigenvalue weighted by Gasteiger charge is 2.20. The fourth-order valence-corrected chi connectivity index (χ4v) is 4.24. The summed E-state index contributed by atoms with van der Waals surface area (Å²) in [5.74, 6) is 0.973. The number of rotatable bonds is 13. The van der Waals surface area contributed by atoms with Gasteiger partial charge in [0, 0.05) is 32.0 Å². The number of hydrogen-bond donors (Lipinski definition) is 2. The van der Waals surface area contributed by atoms with Gasteiger partial charge in [0.25, 0.3) is 0 Å². The predicted molar refractivity (Wildman–Crippen MR) is 123 cm³/mol. The molecule has 0 spiro atoms. The third-order valence-electron chi connectivity index (χ3n) is 6.11. The Kier molecular flexibility index (Phi) is 10.6. The molecule has 174 valence electrons. The lowest BCUT2D eigenvalue weighted by atomic mass is 10.0. The molecule has 1 fully saturated rings. The van der Waals surface area contributed by atoms with Gasteiger partial charge in [-0.2, -0.15) is 0 Å². The number of nitrogens with one attached hydrogen (secondary N) is 2. The molecule has 1 saturated heterocycles. The van der Waals surface area contributed by atoms with E-state index in [9.17, 15) is 4.79 Å². The Morgan fingerprint density at radius 3 is 2.87 bits per heavy atom. The number of carbonyl (C=O) groups excluding carboxylic acids is 1. The van der Waals surface area contributed by atoms with Crippen molar-refractivity contribution in [3.8, 4) is 0 Å². The highest BCUT2D eigenvalue weighted by atomic mass is 16.5. The second-order valence-electron chi connectivity index (χ2n) is 8.54. The Morgan fingerprint density at radius 2 is 2.03 bits per heavy atom. The smallest absolute Gasteiger partial charge is 0.323 e. The van der Waals surface area contributed by atoms with Crippen LogP contribution in [0.5, 0.6) is 0 Å². The van der Waals surface area contributed by atoms with Gasteiger partial charge in [-0.25, -0.2) is 4.98 Å². The van der Waals surface area contributed by atoms with Gasteiger partial charge in [0.2, 0.25) is 0 Å². The Balaban J connectivity index is 1.29. The van der Waals surface area contributed by atoms with Gasteiger partial charge in [-0.1, -0.05) is 31.7 Å². The van der Waals surface area contributed by atoms with Crippen molar-refractivity contribution < 1.29 is 14.3 Å². The first-order valence-corrected chi connectivity index (χ1v) is 12.2. The van der Waals surface area contributed by atoms with Crippen LogP contribution >= 0.6 is 0 Å². The van der Waals surface area contributed by atoms with Gasteiger partial charge in [-0.05, 0) is 50.7 Å². The molecule has 0 aliphatic carbocycles. The lowest BCUT2D eigenvalue weighted by molar-refractivity contribution is -0.146. The minimum Gasteiger partial charge on any atom is -0.465 e. The van der Waals surface area contributed by atoms with E-state index in [0.29, 0.717) is 6.61 Å². The number of fused-ring (bicyclic) bond motifs is 1. The number of ether oxygens (including phenoxy) is 2. The van der Waals surface area contributed by atoms with Crippen LogP contribution in [0.4, 0.5) is 5.82 Å². The lowest BCUT2D eigenvalue weighted by Gasteiger charge is -2.28. The number of nitrogens with zero attached hydrogens (tertiary/aromatic N) is 2. The summed E-state index contributed by atoms with van der Waals surface area (Å²) < 4.78 is 10.7. The van der Waals surface area contributed by atoms with Crippen LogP contribution in [-0.2, 0) is 27.1 Å². The largest absolute Gasteiger partial charge is 0.465 e. The zero-order valence-electron chi connectivity index (χ0n) is 19.2. The van der Waals surface area contributed by atoms with Crippen molar-refractivity contribution in [2.75, 3.05) is 51.4 Å². The molecule has 0 bridgehead atoms. The van der Waals surface area contributed by atoms with Crippen LogP contribution in [0.25, 0.3) is 0 Å². The first-order chi connectivity index (χ1) is 15.3. The Bertz CT molecular complexity index is 664. The van der Waals surface area contributed by atoms with Gasteiger partial charge in [0.1, 0.15) is 11.9 Å². The highest BCUT2D eigenvalue weighted by Crippen LogP contribution is 2.20. The van der Waals surface area contributed by atoms with E-state index in [0.717, 1.165) is 77.4 Å². The number of carbonyl (C=O) groups is 1. The second-order valence-corrected chi connectivity index (χ2v) is 8.54. The molecule has 31 heavy (non-hydrogen) atoms. The van der Waals surface area contributed by atoms with Gasteiger partial charge in [0.15, 0.2) is 0 Å². The van der Waals surface area contributed by atoms with E-state index in [1.54, 1.807) is 0 Å². The number of aryl methyl sites for hydroxylation is 2. The molecular weight excluding hydrogens is 392 g/mol. The molecule has 0 unspecified atom stereocenters. The molecule has 2 N–H and O–H groups in total. The van der Waals surface area contributed by atoms with E-state index in [2.05, 4.69) is 27.7 Å². The van der Waals surface area contributed by atoms with Crippen LogP contribution < -0.4 is 10.6 Å². The summed E-state index contributed by atoms with van der Waals surface area (Å²) >= 11 is 0. The average Bonchev–Trinajstić information content (AvgIpc) is 2.81. The molecule has 0 radical (unpaired) electrons. The Labute approximate surface area is 187 Å². The molecule has 1 atom stereocenters. The van der Waals surface area contributed by atoms with E-state index < -0.39 is 0 Å². The molecule has 1 aromatic heterocycles. The molecule has 7 heteroatoms. The van der Waals surface area contributed by atoms with Crippen LogP contribution in [0.1, 0.15) is 63.1 Å². The van der Waals surface area contributed by atoms with Crippen LogP contribution in [0.2, 0.25) is 0 Å². The summed E-state index contributed by atoms with van der Waals surface area (Å²) in [6.07, 6.45) is 9.98. The standard InChI is InChI=1S/C24H40N4O3/c1-2-31-24(29)22(26-19-28-15-17-30-18-16-28)11-7-5-3-4-6-10-21-13-12-20-9-8-14-25-23(20)27-21/h12-13,22,26H,2-11,14-19H2,1H3,(H,25,27)/t22-/m0/s1. The lowest BCUT2D eigenvalue weighted by Crippen LogP contribution is -2.47. The molecule has 1 aromatic rings. The maximum atomic E-state index is 12.3. The van der Waals surface area contributed by atoms with E-state index >= 15 is 0 Å². The maximum absolute atomic E-state index is 12.3. The first-order valence-electron chi connectivity index (χ1n) is 12.2. The molecule has 2 aliphatic heterocycles. The molecule has 3 rings (SSSR count). The molecule has 7 nitrogen and oxygen atoms in total. The van der Waals surface area contributed by atoms with Crippen molar-refractivity contribution in [3.05, 3.63) is 23.4 Å². The first kappa shape index (κ1) is 24.0. The third-order valence-corrected chi connectivity index (χ3v) is 6.11. The number of pyridine rings is 1. The number of anilines is 1. The van der Waals surface area contributed by atoms with Gasteiger partial charge in [-0.15, -0.1) is 0 Å². The van der Waals surface area contributed by atoms with Crippen molar-refractivity contribution in [1.82, 2.24) is 15.2 Å². The average molecular weight is 433 g/mol. The molecular formula is C24H40N4O3. The van der Waals surface area contributed by atoms with E-state index in [1.165, 1.54) is 36.9 Å². The van der Waals surface area contributed by atoms with Crippen LogP contribution in [-0.4, -0.2) is 68.0 Å². The highest BCUT2D eigenvalue weighted by molar-refractivity contribution is 5.75. The molecule has 3 heterocycles. The summed E-state index contributed by atoms with van der Waals surface area (Å²) in [5, 5.41) is 6.82. The van der Waals surface area contributed by atoms with Crippen molar-refractivity contribution >= 4 is 11.8 Å². The van der Waals surface area contributed by atoms with Crippen LogP contribution in [0.15, 0.2) is 12.1 Å². The SMILES string of the molecule is CCOC(=O)[C@H](CCCCCCCc1ccc2c(n1)NCCC2)NCN1CCOCC1. The second kappa shape index (κ2) is 13.7. The van der Waals surface area contributed by atoms with Gasteiger partial charge in [-0.3, -0.25) is 15.0 Å². The number of aromatic nitrogens is 1. The minimum atomic E-state index is -0.213. The summed E-state index contributed by atoms with van der Waals surface area (Å²) in [7, 11) is 0. The van der Waals surface area contributed by atoms with Crippen molar-refractivity contribution in [1.29, 1.82) is 0 Å². The number of morpholine rings is 1. The number of esters is 1. The fraction of sp³-hybridized carbons (Fsp3) is 0.750. The summed E-state index contributed by atoms with van der Waals surface area (Å²) in [6, 6.07) is 4.22. The van der Waals surface area contributed by atoms with E-state index in [4.69, 9.17) is 14.5 Å². The monoisotopic (exact) mass is 432 g/mol. The zero-order chi connectivity index (χ0) is 21.7. The molecule has 2 aliphatic rings. The topological polar surface area (TPSA) is 75.7 Å². The molecule has 0 aromatic carbocycles. The molecule has 0 saturated carbocycles. The van der Waals surface area contributed by atoms with Crippen molar-refractivity contribution in [3.63, 3.8) is 0 Å². The van der Waals surface area contributed by atoms with E-state index in [1.807, 2.05) is 6.92 Å². The predicted octanol–water partition coefficient (Wildman–Crippen LogP) is 3.13. The summed E-state index contributed by atoms with van der Waals surface area (Å²) in [4.78, 5) is 19.4. The minimum absolute atomic E-state index is 0.122. The van der Waals surface area contributed by atoms with Crippen LogP contribution in [0.3, 0.4) is 0 Å². The Hall–Kier alpha value is -1.70. The third kappa shape index (κ3) is 8.39. The normalized spacial score (nSPS) is 17.6. The van der Waals surface area contributed by atoms with Crippen molar-refractivity contribution in [2.45, 2.75) is 70.8 Å². The van der Waals surface area contributed by atoms with Gasteiger partial charge < -0.3 is 14.8 Å². The van der Waals surface area contributed by atoms with Gasteiger partial charge >= 0.3 is 5.97 Å². The summed E-state index contributed by atoms with van der Waals surface area (Å²) in [6.45, 7) is 7.42. The van der Waals surface area contributed by atoms with Crippen molar-refractivity contribution in [2.24, 2.45) is 0 Å². The summed E-state index contributed by atoms with van der Waals surface area (Å²) in [5.41, 5.74) is 2.55. The maximum Gasteiger partial charge on any atom is 0.323 e.